The summed E-state index contributed by atoms with van der Waals surface area (Å²) in [5, 5.41) is 3.36. The molecule has 2 heteroatoms. The number of anilines is 1. The van der Waals surface area contributed by atoms with Gasteiger partial charge in [0.15, 0.2) is 0 Å². The smallest absolute Gasteiger partial charge is 0.0720 e. The molecule has 1 aromatic rings. The molecule has 0 amide bonds. The summed E-state index contributed by atoms with van der Waals surface area (Å²) in [4.78, 5) is 0. The predicted molar refractivity (Wildman–Crippen MR) is 65.1 cm³/mol. The summed E-state index contributed by atoms with van der Waals surface area (Å²) >= 11 is 0. The molecule has 0 saturated carbocycles. The van der Waals surface area contributed by atoms with E-state index in [1.54, 1.807) is 0 Å². The highest BCUT2D eigenvalue weighted by molar-refractivity contribution is 5.45. The van der Waals surface area contributed by atoms with Gasteiger partial charge in [-0.2, -0.15) is 0 Å². The summed E-state index contributed by atoms with van der Waals surface area (Å²) in [6.45, 7) is 9.06. The summed E-state index contributed by atoms with van der Waals surface area (Å²) < 4.78 is 5.53. The lowest BCUT2D eigenvalue weighted by molar-refractivity contribution is 0.0657. The number of ether oxygens (including phenoxy) is 1. The van der Waals surface area contributed by atoms with Gasteiger partial charge in [0, 0.05) is 11.7 Å². The van der Waals surface area contributed by atoms with Gasteiger partial charge in [0.05, 0.1) is 12.7 Å². The molecule has 0 aromatic heterocycles. The van der Waals surface area contributed by atoms with Gasteiger partial charge in [0.25, 0.3) is 0 Å². The summed E-state index contributed by atoms with van der Waals surface area (Å²) in [7, 11) is 0. The lowest BCUT2D eigenvalue weighted by Gasteiger charge is -2.11. The zero-order valence-corrected chi connectivity index (χ0v) is 10.1. The molecule has 1 rings (SSSR count). The third kappa shape index (κ3) is 4.84. The molecule has 0 saturated heterocycles. The number of rotatable bonds is 5. The van der Waals surface area contributed by atoms with E-state index < -0.39 is 0 Å². The van der Waals surface area contributed by atoms with Crippen molar-refractivity contribution in [3.63, 3.8) is 0 Å². The first kappa shape index (κ1) is 12.1. The molecule has 1 aromatic carbocycles. The highest BCUT2D eigenvalue weighted by atomic mass is 16.5. The van der Waals surface area contributed by atoms with Crippen molar-refractivity contribution >= 4 is 5.69 Å². The molecule has 2 nitrogen and oxygen atoms in total. The molecule has 0 aliphatic carbocycles. The first-order valence-corrected chi connectivity index (χ1v) is 5.55. The van der Waals surface area contributed by atoms with E-state index >= 15 is 0 Å². The Morgan fingerprint density at radius 2 is 1.67 bits per heavy atom. The third-order valence-corrected chi connectivity index (χ3v) is 1.99. The topological polar surface area (TPSA) is 21.3 Å². The van der Waals surface area contributed by atoms with Crippen LogP contribution < -0.4 is 5.32 Å². The van der Waals surface area contributed by atoms with E-state index in [-0.39, 0.29) is 0 Å². The zero-order chi connectivity index (χ0) is 11.3. The molecular formula is C13H21NO. The monoisotopic (exact) mass is 207 g/mol. The van der Waals surface area contributed by atoms with E-state index in [1.165, 1.54) is 11.3 Å². The highest BCUT2D eigenvalue weighted by Gasteiger charge is 1.98. The molecule has 0 radical (unpaired) electrons. The average Bonchev–Trinajstić information content (AvgIpc) is 2.16. The molecule has 0 spiro atoms. The van der Waals surface area contributed by atoms with Crippen LogP contribution in [0, 0.1) is 0 Å². The molecule has 15 heavy (non-hydrogen) atoms. The van der Waals surface area contributed by atoms with Crippen molar-refractivity contribution in [3.05, 3.63) is 29.8 Å². The first-order chi connectivity index (χ1) is 7.08. The van der Waals surface area contributed by atoms with Crippen molar-refractivity contribution in [1.82, 2.24) is 0 Å². The summed E-state index contributed by atoms with van der Waals surface area (Å²) in [5.41, 5.74) is 2.39. The zero-order valence-electron chi connectivity index (χ0n) is 10.1. The molecular weight excluding hydrogens is 186 g/mol. The lowest BCUT2D eigenvalue weighted by atomic mass is 10.2. The van der Waals surface area contributed by atoms with Crippen LogP contribution in [0.1, 0.15) is 33.3 Å². The van der Waals surface area contributed by atoms with Crippen molar-refractivity contribution in [2.75, 3.05) is 5.32 Å². The van der Waals surface area contributed by atoms with Crippen LogP contribution in [0.25, 0.3) is 0 Å². The second kappa shape index (κ2) is 5.76. The molecule has 0 fully saturated rings. The van der Waals surface area contributed by atoms with Gasteiger partial charge in [-0.3, -0.25) is 0 Å². The minimum Gasteiger partial charge on any atom is -0.383 e. The Morgan fingerprint density at radius 1 is 1.07 bits per heavy atom. The van der Waals surface area contributed by atoms with Gasteiger partial charge in [-0.05, 0) is 45.4 Å². The maximum absolute atomic E-state index is 5.53. The second-order valence-corrected chi connectivity index (χ2v) is 4.36. The van der Waals surface area contributed by atoms with Crippen LogP contribution in [0.2, 0.25) is 0 Å². The fourth-order valence-electron chi connectivity index (χ4n) is 1.29. The van der Waals surface area contributed by atoms with Gasteiger partial charge in [0.2, 0.25) is 0 Å². The average molecular weight is 207 g/mol. The van der Waals surface area contributed by atoms with E-state index in [1.807, 2.05) is 0 Å². The number of benzene rings is 1. The van der Waals surface area contributed by atoms with Crippen LogP contribution >= 0.6 is 0 Å². The van der Waals surface area contributed by atoms with Gasteiger partial charge in [-0.1, -0.05) is 12.1 Å². The van der Waals surface area contributed by atoms with E-state index in [4.69, 9.17) is 4.74 Å². The Bertz CT molecular complexity index is 277. The standard InChI is InChI=1S/C13H21NO/c1-10(2)14-13-7-5-12(6-8-13)9-15-11(3)4/h5-8,10-11,14H,9H2,1-4H3. The molecule has 0 unspecified atom stereocenters. The predicted octanol–water partition coefficient (Wildman–Crippen LogP) is 3.43. The summed E-state index contributed by atoms with van der Waals surface area (Å²) in [5.74, 6) is 0. The normalized spacial score (nSPS) is 11.1. The van der Waals surface area contributed by atoms with Gasteiger partial charge in [-0.25, -0.2) is 0 Å². The third-order valence-electron chi connectivity index (χ3n) is 1.99. The van der Waals surface area contributed by atoms with Crippen LogP contribution in [0.15, 0.2) is 24.3 Å². The van der Waals surface area contributed by atoms with Gasteiger partial charge in [0.1, 0.15) is 0 Å². The largest absolute Gasteiger partial charge is 0.383 e. The Labute approximate surface area is 92.6 Å². The maximum atomic E-state index is 5.53. The first-order valence-electron chi connectivity index (χ1n) is 5.55. The molecule has 0 aliphatic rings. The lowest BCUT2D eigenvalue weighted by Crippen LogP contribution is -2.09. The van der Waals surface area contributed by atoms with E-state index in [9.17, 15) is 0 Å². The quantitative estimate of drug-likeness (QED) is 0.798. The summed E-state index contributed by atoms with van der Waals surface area (Å²) in [6.07, 6.45) is 0.290. The number of hydrogen-bond donors (Lipinski definition) is 1. The minimum absolute atomic E-state index is 0.290. The number of hydrogen-bond acceptors (Lipinski definition) is 2. The van der Waals surface area contributed by atoms with E-state index in [2.05, 4.69) is 57.3 Å². The number of nitrogens with one attached hydrogen (secondary N) is 1. The van der Waals surface area contributed by atoms with E-state index in [0.717, 1.165) is 0 Å². The van der Waals surface area contributed by atoms with Crippen molar-refractivity contribution in [2.24, 2.45) is 0 Å². The van der Waals surface area contributed by atoms with Crippen LogP contribution in [0.5, 0.6) is 0 Å². The van der Waals surface area contributed by atoms with Crippen molar-refractivity contribution in [1.29, 1.82) is 0 Å². The molecule has 84 valence electrons. The molecule has 0 heterocycles. The van der Waals surface area contributed by atoms with Crippen molar-refractivity contribution < 1.29 is 4.74 Å². The van der Waals surface area contributed by atoms with Crippen LogP contribution in [0.4, 0.5) is 5.69 Å². The van der Waals surface area contributed by atoms with E-state index in [0.29, 0.717) is 18.8 Å². The molecule has 0 bridgehead atoms. The van der Waals surface area contributed by atoms with Crippen LogP contribution in [-0.2, 0) is 11.3 Å². The Hall–Kier alpha value is -1.02. The minimum atomic E-state index is 0.290. The SMILES string of the molecule is CC(C)Nc1ccc(COC(C)C)cc1. The Kier molecular flexibility index (Phi) is 4.63. The molecule has 0 atom stereocenters. The van der Waals surface area contributed by atoms with Crippen LogP contribution in [0.3, 0.4) is 0 Å². The Balaban J connectivity index is 2.49. The second-order valence-electron chi connectivity index (χ2n) is 4.36. The van der Waals surface area contributed by atoms with Gasteiger partial charge >= 0.3 is 0 Å². The van der Waals surface area contributed by atoms with Gasteiger partial charge in [-0.15, -0.1) is 0 Å². The van der Waals surface area contributed by atoms with Crippen LogP contribution in [-0.4, -0.2) is 12.1 Å². The van der Waals surface area contributed by atoms with Crippen molar-refractivity contribution in [3.8, 4) is 0 Å². The summed E-state index contributed by atoms with van der Waals surface area (Å²) in [6, 6.07) is 8.88. The Morgan fingerprint density at radius 3 is 2.13 bits per heavy atom. The maximum Gasteiger partial charge on any atom is 0.0720 e. The highest BCUT2D eigenvalue weighted by Crippen LogP contribution is 2.11. The fourth-order valence-corrected chi connectivity index (χ4v) is 1.29. The molecule has 0 aliphatic heterocycles. The molecule has 1 N–H and O–H groups in total. The van der Waals surface area contributed by atoms with Gasteiger partial charge < -0.3 is 10.1 Å². The van der Waals surface area contributed by atoms with Crippen molar-refractivity contribution in [2.45, 2.75) is 46.4 Å². The fraction of sp³-hybridized carbons (Fsp3) is 0.538.